The molecule has 7 aliphatic heterocycles. The van der Waals surface area contributed by atoms with Crippen molar-refractivity contribution in [1.29, 1.82) is 0 Å². The number of hydrogen-bond donors (Lipinski definition) is 22. The Labute approximate surface area is 751 Å². The summed E-state index contributed by atoms with van der Waals surface area (Å²) in [6.45, 7) is 13.4. The van der Waals surface area contributed by atoms with Gasteiger partial charge in [0.2, 0.25) is 0 Å². The van der Waals surface area contributed by atoms with Gasteiger partial charge in [0, 0.05) is 93.7 Å². The maximum absolute atomic E-state index is 12.9. The van der Waals surface area contributed by atoms with Gasteiger partial charge < -0.3 is 145 Å². The number of aliphatic hydroxyl groups is 15. The Morgan fingerprint density at radius 3 is 1.14 bits per heavy atom. The second-order valence-electron chi connectivity index (χ2n) is 31.3. The third-order valence-electron chi connectivity index (χ3n) is 20.9. The molecule has 51 heteroatoms. The van der Waals surface area contributed by atoms with Crippen molar-refractivity contribution >= 4 is 28.5 Å². The zero-order valence-corrected chi connectivity index (χ0v) is 75.0. The van der Waals surface area contributed by atoms with Gasteiger partial charge in [-0.15, -0.1) is 0 Å². The highest BCUT2D eigenvalue weighted by atomic mass is 127. The van der Waals surface area contributed by atoms with Gasteiger partial charge in [0.25, 0.3) is 27.8 Å². The molecule has 0 saturated carbocycles. The number of H-pyrrole nitrogens is 5. The average molecular weight is 2050 g/mol. The number of amides is 1. The smallest absolute Gasteiger partial charge is 0.471 e. The molecule has 0 bridgehead atoms. The highest BCUT2D eigenvalue weighted by Crippen LogP contribution is 2.33. The minimum Gasteiger partial charge on any atom is -1.00 e. The molecule has 1 amide bonds. The predicted octanol–water partition coefficient (Wildman–Crippen LogP) is -11.0. The van der Waals surface area contributed by atoms with Crippen molar-refractivity contribution in [2.45, 2.75) is 222 Å². The van der Waals surface area contributed by atoms with E-state index in [4.69, 9.17) is 55.0 Å². The van der Waals surface area contributed by atoms with E-state index in [2.05, 4.69) is 54.8 Å². The molecule has 0 spiro atoms. The van der Waals surface area contributed by atoms with Gasteiger partial charge in [0.1, 0.15) is 98.1 Å². The number of aromatic nitrogens is 10. The lowest BCUT2D eigenvalue weighted by Gasteiger charge is -2.29. The predicted molar refractivity (Wildman–Crippen MR) is 445 cm³/mol. The number of nitrogens with one attached hydrogen (secondary N) is 6. The second kappa shape index (κ2) is 50.7. The summed E-state index contributed by atoms with van der Waals surface area (Å²) in [5, 5.41) is 147. The van der Waals surface area contributed by atoms with Crippen LogP contribution in [0.15, 0.2) is 120 Å². The standard InChI is InChI=1S/C17H22F3N3O7.2C15H23N3O6.C14H21N3O6.C9H12N2O6.C5H11N.CH3I.HI/c1-8(2)3-4-22(15(28)17(18,19)20)5-9-6-23(16(29)21-13(9)27)14-12(26)11(25)10(7-24)30-14;1-18(4-2-3-5-18)7-9-6-17(15(23)16-13(9)22)14-12(21)11(20)10(8-19)24-14;1-8(2)3-4-16-5-9-6-18(15(23)17-13(9)22)14-12(21)11(20)10(7-19)24-14;18-7-9-10(19)11(20)13(23-9)17-6-8(12(21)15-14(17)22)5-16-3-1-2-4-16;12-3-4-6(14)7(15)8(17-4)11-2-1-5(13)10-9(11)16;1-5(2)3-4-6;1-2;/h3,6,10-12,14,24-26H,4-5,7H2,1-2H3,(H,21,27,29);6,10-12,14,19-21H,2-5,7-8H2,1H3;3,6,10-12,14,16,19-21H,4-5,7H2,1-2H3,(H,17,22,23);6,9-11,13,18-20H,1-5,7H2,(H,15,21,22);1-2,4,6-8,12,14-15H,3H2,(H,10,13,16);3H,4,6H2,1-2H3;1H3;1H/t3*10-,11?,12+,14-;9-,10?,11+,13-;4-,6?,7+,8-;;;/m11111.../s1. The third-order valence-corrected chi connectivity index (χ3v) is 20.9. The normalized spacial score (nSPS) is 27.4. The average Bonchev–Trinajstić information content (AvgIpc) is 1.73. The van der Waals surface area contributed by atoms with Crippen molar-refractivity contribution in [3.8, 4) is 0 Å². The summed E-state index contributed by atoms with van der Waals surface area (Å²) in [5.74, 6) is -2.18. The zero-order valence-electron chi connectivity index (χ0n) is 70.7. The lowest BCUT2D eigenvalue weighted by molar-refractivity contribution is -0.911. The van der Waals surface area contributed by atoms with E-state index in [0.29, 0.717) is 52.3 Å². The molecule has 7 saturated heterocycles. The van der Waals surface area contributed by atoms with Crippen molar-refractivity contribution in [2.75, 3.05) is 90.8 Å². The fraction of sp³-hybridized carbons (Fsp3) is 0.645. The van der Waals surface area contributed by atoms with Gasteiger partial charge in [-0.2, -0.15) is 13.2 Å². The number of carbonyl (C=O) groups excluding carboxylic acids is 1. The van der Waals surface area contributed by atoms with Crippen molar-refractivity contribution in [2.24, 2.45) is 5.73 Å². The minimum atomic E-state index is -5.18. The first-order chi connectivity index (χ1) is 59.4. The van der Waals surface area contributed by atoms with Crippen molar-refractivity contribution in [3.63, 3.8) is 0 Å². The maximum Gasteiger partial charge on any atom is 0.471 e. The number of ether oxygens (including phenoxy) is 5. The Morgan fingerprint density at radius 2 is 0.811 bits per heavy atom. The highest BCUT2D eigenvalue weighted by Gasteiger charge is 2.49. The molecule has 12 heterocycles. The van der Waals surface area contributed by atoms with E-state index < -0.39 is 237 Å². The summed E-state index contributed by atoms with van der Waals surface area (Å²) in [6.07, 6.45) is -14.6. The summed E-state index contributed by atoms with van der Waals surface area (Å²) in [6, 6.07) is 1.09. The molecule has 5 aromatic rings. The number of aliphatic hydroxyl groups excluding tert-OH is 15. The van der Waals surface area contributed by atoms with E-state index in [1.54, 1.807) is 13.8 Å². The number of nitrogens with two attached hydrogens (primary N) is 1. The Bertz CT molecular complexity index is 5090. The van der Waals surface area contributed by atoms with Crippen molar-refractivity contribution in [1.82, 2.24) is 62.9 Å². The molecule has 7 fully saturated rings. The van der Waals surface area contributed by atoms with Crippen LogP contribution in [-0.4, -0.2) is 333 Å². The van der Waals surface area contributed by atoms with Gasteiger partial charge >= 0.3 is 40.5 Å². The van der Waals surface area contributed by atoms with Crippen LogP contribution < -0.4 is 91.3 Å². The summed E-state index contributed by atoms with van der Waals surface area (Å²) in [7, 11) is 2.06. The number of hydrogen-bond acceptors (Lipinski definition) is 34. The first-order valence-electron chi connectivity index (χ1n) is 39.8. The van der Waals surface area contributed by atoms with E-state index in [9.17, 15) is 117 Å². The minimum absolute atomic E-state index is 0. The molecule has 5 unspecified atom stereocenters. The van der Waals surface area contributed by atoms with Crippen LogP contribution in [-0.2, 0) is 54.7 Å². The fourth-order valence-electron chi connectivity index (χ4n) is 14.0. The van der Waals surface area contributed by atoms with Gasteiger partial charge in [-0.1, -0.05) is 57.5 Å². The van der Waals surface area contributed by atoms with Crippen LogP contribution in [0.25, 0.3) is 0 Å². The molecule has 0 aliphatic carbocycles. The molecule has 5 aromatic heterocycles. The SMILES string of the molecule is CC(C)=CCN.CC(C)=CCN(Cc1cn([C@@H]2O[C@H](CO)C(O)[C@@H]2O)c(=O)[nH]c1=O)C(=O)C(F)(F)F.CC(C)=CCNCc1cn([C@@H]2O[C@H](CO)C(O)[C@@H]2O)c(=O)[nH]c1=O.CI.C[N+]1(Cc2cn([C@@H]3O[C@H](CO)C(O)[C@@H]3O)c(=O)[nH]c2=O)CCCC1.O=c1[nH]c(=O)n([C@@H]2O[C@H](CO)C(O)[C@@H]2O)cc1CN1CCCC1.O=c1ccn([C@@H]2O[C@H](CO)C(O)[C@@H]2O)c(=O)[nH]1.[I-]. The number of nitrogens with zero attached hydrogens (tertiary/aromatic N) is 8. The Morgan fingerprint density at radius 1 is 0.488 bits per heavy atom. The number of halogens is 5. The number of carbonyl (C=O) groups is 1. The molecule has 7 aliphatic rings. The van der Waals surface area contributed by atoms with Gasteiger partial charge in [0.05, 0.1) is 70.8 Å². The largest absolute Gasteiger partial charge is 1.00 e. The molecule has 0 aromatic carbocycles. The molecule has 20 atom stereocenters. The summed E-state index contributed by atoms with van der Waals surface area (Å²) >= 11 is 2.15. The number of quaternary nitrogens is 1. The monoisotopic (exact) mass is 2050 g/mol. The summed E-state index contributed by atoms with van der Waals surface area (Å²) < 4.78 is 70.7. The van der Waals surface area contributed by atoms with Gasteiger partial charge in [-0.25, -0.2) is 24.0 Å². The molecule has 23 N–H and O–H groups in total. The van der Waals surface area contributed by atoms with Crippen LogP contribution in [0.3, 0.4) is 0 Å². The number of rotatable bonds is 23. The van der Waals surface area contributed by atoms with Gasteiger partial charge in [0.15, 0.2) is 31.1 Å². The quantitative estimate of drug-likeness (QED) is 0.00949. The molecular weight excluding hydrogens is 1930 g/mol. The van der Waals surface area contributed by atoms with Gasteiger partial charge in [-0.3, -0.25) is 81.4 Å². The van der Waals surface area contributed by atoms with E-state index in [1.165, 1.54) is 30.2 Å². The molecule has 716 valence electrons. The van der Waals surface area contributed by atoms with Crippen LogP contribution in [0.1, 0.15) is 121 Å². The van der Waals surface area contributed by atoms with Crippen molar-refractivity contribution in [3.05, 3.63) is 198 Å². The van der Waals surface area contributed by atoms with Crippen LogP contribution >= 0.6 is 22.6 Å². The van der Waals surface area contributed by atoms with E-state index in [0.717, 1.165) is 98.6 Å². The molecular formula is C76H116F3I2N15O31. The first kappa shape index (κ1) is 110. The van der Waals surface area contributed by atoms with Crippen LogP contribution in [0.2, 0.25) is 0 Å². The van der Waals surface area contributed by atoms with E-state index in [1.807, 2.05) is 54.7 Å². The molecule has 46 nitrogen and oxygen atoms in total. The summed E-state index contributed by atoms with van der Waals surface area (Å²) in [5.41, 5.74) is 1.86. The number of alkyl halides is 4. The van der Waals surface area contributed by atoms with E-state index >= 15 is 0 Å². The van der Waals surface area contributed by atoms with E-state index in [-0.39, 0.29) is 41.6 Å². The lowest BCUT2D eigenvalue weighted by atomic mass is 10.1. The maximum atomic E-state index is 12.9. The first-order valence-corrected chi connectivity index (χ1v) is 42.0. The highest BCUT2D eigenvalue weighted by molar-refractivity contribution is 14.1. The lowest BCUT2D eigenvalue weighted by Crippen LogP contribution is -3.00. The third kappa shape index (κ3) is 29.4. The topological polar surface area (TPSA) is 686 Å². The fourth-order valence-corrected chi connectivity index (χ4v) is 14.0. The zero-order chi connectivity index (χ0) is 94.3. The van der Waals surface area contributed by atoms with Gasteiger partial charge in [-0.05, 0) is 72.4 Å². The summed E-state index contributed by atoms with van der Waals surface area (Å²) in [4.78, 5) is 145. The molecule has 127 heavy (non-hydrogen) atoms. The number of allylic oxidation sites excluding steroid dienone is 3. The number of likely N-dealkylation sites (tertiary alicyclic amines) is 2. The Kier molecular flexibility index (Phi) is 43.9. The Balaban J connectivity index is 0.000000277. The molecule has 0 radical (unpaired) electrons. The molecule has 12 rings (SSSR count). The Hall–Kier alpha value is -7.62. The van der Waals surface area contributed by atoms with Crippen molar-refractivity contribution < 1.29 is 147 Å². The van der Waals surface area contributed by atoms with Crippen LogP contribution in [0.5, 0.6) is 0 Å². The second-order valence-corrected chi connectivity index (χ2v) is 31.3. The van der Waals surface area contributed by atoms with Crippen LogP contribution in [0.4, 0.5) is 13.2 Å². The van der Waals surface area contributed by atoms with Crippen LogP contribution in [0, 0.1) is 0 Å². The number of aromatic amines is 5.